The van der Waals surface area contributed by atoms with Crippen LogP contribution in [0.5, 0.6) is 0 Å². The molecule has 1 fully saturated rings. The van der Waals surface area contributed by atoms with Gasteiger partial charge in [-0.25, -0.2) is 4.98 Å². The minimum absolute atomic E-state index is 0.00952. The van der Waals surface area contributed by atoms with Crippen molar-refractivity contribution in [3.05, 3.63) is 27.6 Å². The summed E-state index contributed by atoms with van der Waals surface area (Å²) in [6.45, 7) is 1.30. The number of rotatable bonds is 4. The first kappa shape index (κ1) is 14.6. The van der Waals surface area contributed by atoms with Gasteiger partial charge in [0.15, 0.2) is 0 Å². The number of fused-ring (bicyclic) bond motifs is 1. The van der Waals surface area contributed by atoms with Crippen molar-refractivity contribution in [1.82, 2.24) is 14.9 Å². The molecule has 0 aromatic carbocycles. The van der Waals surface area contributed by atoms with Crippen LogP contribution in [0.1, 0.15) is 12.2 Å². The van der Waals surface area contributed by atoms with Crippen LogP contribution in [0.25, 0.3) is 10.2 Å². The number of aromatic nitrogens is 2. The lowest BCUT2D eigenvalue weighted by Gasteiger charge is -2.34. The Kier molecular flexibility index (Phi) is 4.27. The van der Waals surface area contributed by atoms with E-state index in [0.29, 0.717) is 22.6 Å². The highest BCUT2D eigenvalue weighted by molar-refractivity contribution is 7.99. The SMILES string of the molecule is O=C(O)CC1CSCCN1Cc1nc2ccsc2c(=O)[nH]1. The van der Waals surface area contributed by atoms with Crippen molar-refractivity contribution in [3.8, 4) is 0 Å². The summed E-state index contributed by atoms with van der Waals surface area (Å²) >= 11 is 3.15. The molecule has 2 aromatic rings. The number of aromatic amines is 1. The van der Waals surface area contributed by atoms with E-state index < -0.39 is 5.97 Å². The molecule has 1 aliphatic rings. The molecule has 3 heterocycles. The zero-order valence-electron chi connectivity index (χ0n) is 11.2. The minimum Gasteiger partial charge on any atom is -0.481 e. The third kappa shape index (κ3) is 3.28. The predicted octanol–water partition coefficient (Wildman–Crippen LogP) is 1.38. The summed E-state index contributed by atoms with van der Waals surface area (Å²) in [4.78, 5) is 32.3. The fourth-order valence-corrected chi connectivity index (χ4v) is 4.33. The summed E-state index contributed by atoms with van der Waals surface area (Å²) in [6.07, 6.45) is 0.123. The number of hydrogen-bond donors (Lipinski definition) is 2. The average Bonchev–Trinajstić information content (AvgIpc) is 2.89. The van der Waals surface area contributed by atoms with Crippen LogP contribution in [0.2, 0.25) is 0 Å². The van der Waals surface area contributed by atoms with Crippen LogP contribution in [-0.4, -0.2) is 50.0 Å². The fraction of sp³-hybridized carbons (Fsp3) is 0.462. The van der Waals surface area contributed by atoms with Crippen LogP contribution in [0.4, 0.5) is 0 Å². The van der Waals surface area contributed by atoms with Crippen molar-refractivity contribution >= 4 is 39.3 Å². The van der Waals surface area contributed by atoms with Gasteiger partial charge in [-0.1, -0.05) is 0 Å². The Balaban J connectivity index is 1.82. The summed E-state index contributed by atoms with van der Waals surface area (Å²) < 4.78 is 0.634. The molecule has 21 heavy (non-hydrogen) atoms. The number of H-pyrrole nitrogens is 1. The standard InChI is InChI=1S/C13H15N3O3S2/c17-11(18)5-8-7-20-4-2-16(8)6-10-14-9-1-3-21-12(9)13(19)15-10/h1,3,8H,2,4-7H2,(H,17,18)(H,14,15,19). The molecular weight excluding hydrogens is 310 g/mol. The van der Waals surface area contributed by atoms with Gasteiger partial charge in [0.2, 0.25) is 0 Å². The Morgan fingerprint density at radius 2 is 2.43 bits per heavy atom. The molecule has 8 heteroatoms. The van der Waals surface area contributed by atoms with Crippen LogP contribution in [0, 0.1) is 0 Å². The second kappa shape index (κ2) is 6.17. The maximum Gasteiger partial charge on any atom is 0.304 e. The van der Waals surface area contributed by atoms with E-state index in [0.717, 1.165) is 18.1 Å². The van der Waals surface area contributed by atoms with Gasteiger partial charge in [0.05, 0.1) is 18.5 Å². The molecule has 112 valence electrons. The molecular formula is C13H15N3O3S2. The van der Waals surface area contributed by atoms with Crippen molar-refractivity contribution in [2.24, 2.45) is 0 Å². The summed E-state index contributed by atoms with van der Waals surface area (Å²) in [5.74, 6) is 1.59. The largest absolute Gasteiger partial charge is 0.481 e. The summed E-state index contributed by atoms with van der Waals surface area (Å²) in [5, 5.41) is 10.8. The van der Waals surface area contributed by atoms with Gasteiger partial charge in [0, 0.05) is 24.1 Å². The van der Waals surface area contributed by atoms with Crippen LogP contribution >= 0.6 is 23.1 Å². The number of thiophene rings is 1. The third-order valence-corrected chi connectivity index (χ3v) is 5.47. The van der Waals surface area contributed by atoms with E-state index in [9.17, 15) is 9.59 Å². The lowest BCUT2D eigenvalue weighted by Crippen LogP contribution is -2.43. The second-order valence-electron chi connectivity index (χ2n) is 4.94. The number of carbonyl (C=O) groups is 1. The topological polar surface area (TPSA) is 86.3 Å². The summed E-state index contributed by atoms with van der Waals surface area (Å²) in [7, 11) is 0. The number of carboxylic acid groups (broad SMARTS) is 1. The molecule has 3 rings (SSSR count). The van der Waals surface area contributed by atoms with Gasteiger partial charge >= 0.3 is 5.97 Å². The second-order valence-corrected chi connectivity index (χ2v) is 7.01. The summed E-state index contributed by atoms with van der Waals surface area (Å²) in [6, 6.07) is 1.82. The lowest BCUT2D eigenvalue weighted by molar-refractivity contribution is -0.138. The molecule has 2 aromatic heterocycles. The number of nitrogens with zero attached hydrogens (tertiary/aromatic N) is 2. The molecule has 6 nitrogen and oxygen atoms in total. The Morgan fingerprint density at radius 3 is 3.24 bits per heavy atom. The zero-order valence-corrected chi connectivity index (χ0v) is 12.9. The Bertz CT molecular complexity index is 712. The van der Waals surface area contributed by atoms with E-state index in [1.165, 1.54) is 11.3 Å². The molecule has 0 bridgehead atoms. The third-order valence-electron chi connectivity index (χ3n) is 3.48. The Labute approximate surface area is 129 Å². The van der Waals surface area contributed by atoms with Gasteiger partial charge < -0.3 is 10.1 Å². The Morgan fingerprint density at radius 1 is 1.57 bits per heavy atom. The normalized spacial score (nSPS) is 19.9. The first-order valence-corrected chi connectivity index (χ1v) is 8.67. The molecule has 0 aliphatic carbocycles. The van der Waals surface area contributed by atoms with E-state index in [4.69, 9.17) is 5.11 Å². The smallest absolute Gasteiger partial charge is 0.304 e. The number of carboxylic acids is 1. The van der Waals surface area contributed by atoms with Crippen LogP contribution in [0.15, 0.2) is 16.2 Å². The van der Waals surface area contributed by atoms with Gasteiger partial charge in [0.1, 0.15) is 10.5 Å². The molecule has 1 saturated heterocycles. The van der Waals surface area contributed by atoms with Crippen molar-refractivity contribution in [2.45, 2.75) is 19.0 Å². The maximum absolute atomic E-state index is 12.0. The average molecular weight is 325 g/mol. The van der Waals surface area contributed by atoms with Crippen LogP contribution < -0.4 is 5.56 Å². The van der Waals surface area contributed by atoms with Crippen LogP contribution in [-0.2, 0) is 11.3 Å². The molecule has 1 atom stereocenters. The molecule has 1 aliphatic heterocycles. The monoisotopic (exact) mass is 325 g/mol. The van der Waals surface area contributed by atoms with Crippen molar-refractivity contribution < 1.29 is 9.90 Å². The molecule has 2 N–H and O–H groups in total. The fourth-order valence-electron chi connectivity index (χ4n) is 2.48. The highest BCUT2D eigenvalue weighted by Gasteiger charge is 2.25. The van der Waals surface area contributed by atoms with Gasteiger partial charge in [-0.3, -0.25) is 14.5 Å². The molecule has 0 saturated carbocycles. The number of aliphatic carboxylic acids is 1. The minimum atomic E-state index is -0.790. The quantitative estimate of drug-likeness (QED) is 0.883. The molecule has 0 radical (unpaired) electrons. The van der Waals surface area contributed by atoms with Gasteiger partial charge in [0.25, 0.3) is 5.56 Å². The van der Waals surface area contributed by atoms with Crippen molar-refractivity contribution in [1.29, 1.82) is 0 Å². The maximum atomic E-state index is 12.0. The Hall–Kier alpha value is -1.38. The number of nitrogens with one attached hydrogen (secondary N) is 1. The van der Waals surface area contributed by atoms with E-state index in [1.54, 1.807) is 11.8 Å². The first-order valence-electron chi connectivity index (χ1n) is 6.63. The van der Waals surface area contributed by atoms with Gasteiger partial charge in [-0.2, -0.15) is 11.8 Å². The molecule has 1 unspecified atom stereocenters. The summed E-state index contributed by atoms with van der Waals surface area (Å²) in [5.41, 5.74) is 0.589. The predicted molar refractivity (Wildman–Crippen MR) is 84.0 cm³/mol. The molecule has 0 spiro atoms. The first-order chi connectivity index (χ1) is 10.1. The van der Waals surface area contributed by atoms with Gasteiger partial charge in [-0.05, 0) is 11.4 Å². The van der Waals surface area contributed by atoms with Crippen molar-refractivity contribution in [3.63, 3.8) is 0 Å². The highest BCUT2D eigenvalue weighted by Crippen LogP contribution is 2.21. The van der Waals surface area contributed by atoms with E-state index >= 15 is 0 Å². The number of hydrogen-bond acceptors (Lipinski definition) is 6. The van der Waals surface area contributed by atoms with E-state index in [-0.39, 0.29) is 18.0 Å². The number of thioether (sulfide) groups is 1. The van der Waals surface area contributed by atoms with E-state index in [2.05, 4.69) is 14.9 Å². The lowest BCUT2D eigenvalue weighted by atomic mass is 10.2. The van der Waals surface area contributed by atoms with Crippen LogP contribution in [0.3, 0.4) is 0 Å². The highest BCUT2D eigenvalue weighted by atomic mass is 32.2. The zero-order chi connectivity index (χ0) is 14.8. The molecule has 0 amide bonds. The van der Waals surface area contributed by atoms with E-state index in [1.807, 2.05) is 11.4 Å². The van der Waals surface area contributed by atoms with Gasteiger partial charge in [-0.15, -0.1) is 11.3 Å². The van der Waals surface area contributed by atoms with Crippen molar-refractivity contribution in [2.75, 3.05) is 18.1 Å².